The zero-order chi connectivity index (χ0) is 42.1. The lowest BCUT2D eigenvalue weighted by atomic mass is 9.51. The number of aliphatic hydroxyl groups is 1. The third-order valence-corrected chi connectivity index (χ3v) is 14.6. The fourth-order valence-electron chi connectivity index (χ4n) is 11.0. The van der Waals surface area contributed by atoms with Gasteiger partial charge in [0.15, 0.2) is 5.78 Å². The van der Waals surface area contributed by atoms with Crippen molar-refractivity contribution >= 4 is 34.7 Å². The average molecular weight is 818 g/mol. The van der Waals surface area contributed by atoms with Crippen molar-refractivity contribution in [2.45, 2.75) is 102 Å². The zero-order valence-electron chi connectivity index (χ0n) is 35.8. The van der Waals surface area contributed by atoms with Crippen LogP contribution in [0.15, 0.2) is 89.5 Å². The number of likely N-dealkylation sites (tertiary alicyclic amines) is 1. The normalized spacial score (nSPS) is 28.5. The fraction of sp³-hybridized carbons (Fsp3) is 0.480. The molecule has 0 unspecified atom stereocenters. The number of nitrogens with one attached hydrogen (secondary N) is 2. The van der Waals surface area contributed by atoms with E-state index in [1.165, 1.54) is 28.0 Å². The Morgan fingerprint density at radius 1 is 1.05 bits per heavy atom. The molecule has 1 heterocycles. The van der Waals surface area contributed by atoms with Crippen LogP contribution in [0.3, 0.4) is 0 Å². The first-order valence-electron chi connectivity index (χ1n) is 21.3. The number of anilines is 2. The molecule has 5 aliphatic rings. The summed E-state index contributed by atoms with van der Waals surface area (Å²) >= 11 is 6.26. The van der Waals surface area contributed by atoms with Gasteiger partial charge in [-0.3, -0.25) is 14.5 Å². The number of methoxy groups -OCH3 is 1. The SMILES string of the molecule is CC#C[C@]1(O)CC[C@H]2[C@@H]3CCC4=CC(=O)CCC4=C3[C@@H](c3ccc(N(C)C)cc3)C[C@@]21C.CNc1cc(OC)c(C(=O)N[C@H]2CCN(Cc3ccccc3)[C@H]2C)cc1Cl. The van der Waals surface area contributed by atoms with Gasteiger partial charge in [0.05, 0.1) is 23.4 Å². The highest BCUT2D eigenvalue weighted by atomic mass is 35.5. The number of benzene rings is 3. The maximum Gasteiger partial charge on any atom is 0.255 e. The lowest BCUT2D eigenvalue weighted by molar-refractivity contribution is -0.114. The van der Waals surface area contributed by atoms with Crippen LogP contribution < -0.4 is 20.3 Å². The van der Waals surface area contributed by atoms with Crippen LogP contribution >= 0.6 is 11.6 Å². The van der Waals surface area contributed by atoms with E-state index in [9.17, 15) is 14.7 Å². The molecule has 3 aromatic carbocycles. The third kappa shape index (κ3) is 8.31. The van der Waals surface area contributed by atoms with E-state index in [0.717, 1.165) is 63.7 Å². The summed E-state index contributed by atoms with van der Waals surface area (Å²) < 4.78 is 5.39. The average Bonchev–Trinajstić information content (AvgIpc) is 3.70. The molecule has 8 nitrogen and oxygen atoms in total. The smallest absolute Gasteiger partial charge is 0.255 e. The minimum absolute atomic E-state index is 0.0914. The second kappa shape index (κ2) is 17.6. The van der Waals surface area contributed by atoms with E-state index < -0.39 is 5.60 Å². The Morgan fingerprint density at radius 3 is 2.47 bits per heavy atom. The molecule has 312 valence electrons. The Kier molecular flexibility index (Phi) is 12.7. The van der Waals surface area contributed by atoms with Gasteiger partial charge in [0.1, 0.15) is 11.4 Å². The highest BCUT2D eigenvalue weighted by Gasteiger charge is 2.62. The molecule has 1 aliphatic heterocycles. The van der Waals surface area contributed by atoms with Gasteiger partial charge in [-0.05, 0) is 117 Å². The number of ketones is 1. The molecule has 2 saturated carbocycles. The molecule has 7 atom stereocenters. The molecule has 8 rings (SSSR count). The molecule has 59 heavy (non-hydrogen) atoms. The van der Waals surface area contributed by atoms with Gasteiger partial charge in [0, 0.05) is 75.8 Å². The Hall–Kier alpha value is -4.55. The van der Waals surface area contributed by atoms with Gasteiger partial charge in [0.2, 0.25) is 0 Å². The molecule has 3 fully saturated rings. The van der Waals surface area contributed by atoms with E-state index in [1.807, 2.05) is 19.1 Å². The van der Waals surface area contributed by atoms with Crippen LogP contribution in [0.1, 0.15) is 99.5 Å². The highest BCUT2D eigenvalue weighted by Crippen LogP contribution is 2.66. The van der Waals surface area contributed by atoms with Gasteiger partial charge in [-0.2, -0.15) is 0 Å². The lowest BCUT2D eigenvalue weighted by Gasteiger charge is -2.53. The van der Waals surface area contributed by atoms with Crippen LogP contribution in [0.25, 0.3) is 0 Å². The number of carbonyl (C=O) groups is 2. The van der Waals surface area contributed by atoms with E-state index in [1.54, 1.807) is 31.9 Å². The summed E-state index contributed by atoms with van der Waals surface area (Å²) in [6.07, 6.45) is 9.15. The number of nitrogens with zero attached hydrogens (tertiary/aromatic N) is 2. The minimum atomic E-state index is -0.914. The number of rotatable bonds is 8. The Morgan fingerprint density at radius 2 is 1.80 bits per heavy atom. The van der Waals surface area contributed by atoms with Crippen molar-refractivity contribution in [1.29, 1.82) is 0 Å². The first-order chi connectivity index (χ1) is 28.3. The van der Waals surface area contributed by atoms with Gasteiger partial charge >= 0.3 is 0 Å². The number of halogens is 1. The standard InChI is InChI=1S/C29H35NO2.C21H26ClN3O2/c1-5-15-29(32)16-14-26-24-12-8-20-17-22(31)11-13-23(20)27(24)25(18-28(26,29)2)19-6-9-21(10-7-19)30(3)4;1-14-18(9-10-25(14)13-15-7-5-4-6-8-15)24-21(26)16-11-17(22)19(23-2)12-20(16)27-3/h6-7,9-10,17,24-26,32H,8,11-14,16,18H2,1-4H3;4-8,11-12,14,18,23H,9-10,13H2,1-3H3,(H,24,26)/t24-,25+,26-,28-,29-;14-,18-/m00/s1. The molecule has 4 aliphatic carbocycles. The maximum absolute atomic E-state index is 12.9. The molecule has 0 aromatic heterocycles. The Balaban J connectivity index is 0.000000182. The summed E-state index contributed by atoms with van der Waals surface area (Å²) in [6, 6.07) is 23.1. The van der Waals surface area contributed by atoms with Crippen molar-refractivity contribution < 1.29 is 19.4 Å². The van der Waals surface area contributed by atoms with E-state index in [4.69, 9.17) is 16.3 Å². The predicted octanol–water partition coefficient (Wildman–Crippen LogP) is 9.19. The van der Waals surface area contributed by atoms with Crippen molar-refractivity contribution in [3.8, 4) is 17.6 Å². The molecule has 9 heteroatoms. The van der Waals surface area contributed by atoms with Crippen LogP contribution in [-0.2, 0) is 11.3 Å². The third-order valence-electron chi connectivity index (χ3n) is 14.3. The number of carbonyl (C=O) groups excluding carboxylic acids is 2. The van der Waals surface area contributed by atoms with Gasteiger partial charge in [-0.25, -0.2) is 0 Å². The van der Waals surface area contributed by atoms with Crippen molar-refractivity contribution in [2.75, 3.05) is 45.0 Å². The monoisotopic (exact) mass is 816 g/mol. The number of hydrogen-bond donors (Lipinski definition) is 3. The van der Waals surface area contributed by atoms with Crippen molar-refractivity contribution in [1.82, 2.24) is 10.2 Å². The summed E-state index contributed by atoms with van der Waals surface area (Å²) in [5, 5.41) is 18.4. The van der Waals surface area contributed by atoms with Gasteiger partial charge in [-0.15, -0.1) is 5.92 Å². The highest BCUT2D eigenvalue weighted by molar-refractivity contribution is 6.33. The summed E-state index contributed by atoms with van der Waals surface area (Å²) in [5.41, 5.74) is 8.18. The van der Waals surface area contributed by atoms with Crippen LogP contribution in [0.2, 0.25) is 5.02 Å². The summed E-state index contributed by atoms with van der Waals surface area (Å²) in [4.78, 5) is 29.6. The van der Waals surface area contributed by atoms with Crippen LogP contribution in [0.5, 0.6) is 5.75 Å². The number of hydrogen-bond acceptors (Lipinski definition) is 7. The quantitative estimate of drug-likeness (QED) is 0.195. The first kappa shape index (κ1) is 42.6. The second-order valence-corrected chi connectivity index (χ2v) is 18.0. The summed E-state index contributed by atoms with van der Waals surface area (Å²) in [5.74, 6) is 8.11. The largest absolute Gasteiger partial charge is 0.496 e. The molecule has 0 spiro atoms. The number of fused-ring (bicyclic) bond motifs is 4. The molecule has 3 aromatic rings. The second-order valence-electron chi connectivity index (χ2n) is 17.6. The molecular weight excluding hydrogens is 756 g/mol. The van der Waals surface area contributed by atoms with Crippen molar-refractivity contribution in [3.63, 3.8) is 0 Å². The van der Waals surface area contributed by atoms with Crippen LogP contribution in [0, 0.1) is 29.1 Å². The molecule has 1 saturated heterocycles. The molecule has 1 amide bonds. The number of allylic oxidation sites excluding steroid dienone is 4. The van der Waals surface area contributed by atoms with Crippen LogP contribution in [0.4, 0.5) is 11.4 Å². The van der Waals surface area contributed by atoms with Crippen LogP contribution in [-0.4, -0.2) is 74.2 Å². The van der Waals surface area contributed by atoms with Gasteiger partial charge in [-0.1, -0.05) is 72.5 Å². The number of ether oxygens (including phenoxy) is 1. The maximum atomic E-state index is 12.9. The van der Waals surface area contributed by atoms with Crippen molar-refractivity contribution in [3.05, 3.63) is 111 Å². The number of amides is 1. The molecular formula is C50H61ClN4O4. The molecule has 3 N–H and O–H groups in total. The van der Waals surface area contributed by atoms with E-state index >= 15 is 0 Å². The molecule has 0 radical (unpaired) electrons. The summed E-state index contributed by atoms with van der Waals surface area (Å²) in [6.45, 7) is 8.15. The lowest BCUT2D eigenvalue weighted by Crippen LogP contribution is -2.51. The molecule has 0 bridgehead atoms. The van der Waals surface area contributed by atoms with E-state index in [0.29, 0.717) is 34.6 Å². The van der Waals surface area contributed by atoms with Gasteiger partial charge in [0.25, 0.3) is 5.91 Å². The first-order valence-corrected chi connectivity index (χ1v) is 21.7. The van der Waals surface area contributed by atoms with Crippen molar-refractivity contribution in [2.24, 2.45) is 17.3 Å². The Labute approximate surface area is 356 Å². The van der Waals surface area contributed by atoms with E-state index in [2.05, 4.69) is 109 Å². The minimum Gasteiger partial charge on any atom is -0.496 e. The Bertz CT molecular complexity index is 2170. The predicted molar refractivity (Wildman–Crippen MR) is 239 cm³/mol. The fourth-order valence-corrected chi connectivity index (χ4v) is 11.2. The van der Waals surface area contributed by atoms with E-state index in [-0.39, 0.29) is 35.1 Å². The zero-order valence-corrected chi connectivity index (χ0v) is 36.6. The summed E-state index contributed by atoms with van der Waals surface area (Å²) in [7, 11) is 7.48. The van der Waals surface area contributed by atoms with Gasteiger partial charge < -0.3 is 25.4 Å². The topological polar surface area (TPSA) is 94.1 Å².